The summed E-state index contributed by atoms with van der Waals surface area (Å²) in [5.74, 6) is 3.13. The molecule has 131 heavy (non-hydrogen) atoms. The molecule has 16 rings (SSSR count). The molecule has 1 unspecified atom stereocenters. The molecule has 674 valence electrons. The van der Waals surface area contributed by atoms with Gasteiger partial charge in [0.25, 0.3) is 0 Å². The van der Waals surface area contributed by atoms with Crippen molar-refractivity contribution in [2.45, 2.75) is 196 Å². The maximum atomic E-state index is 13.6. The van der Waals surface area contributed by atoms with E-state index in [1.54, 1.807) is 48.8 Å². The number of rotatable bonds is 26. The molecule has 4 fully saturated rings. The van der Waals surface area contributed by atoms with Gasteiger partial charge in [0.05, 0.1) is 132 Å². The Morgan fingerprint density at radius 3 is 1.21 bits per heavy atom. The fourth-order valence-corrected chi connectivity index (χ4v) is 18.9. The lowest BCUT2D eigenvalue weighted by atomic mass is 9.94. The lowest BCUT2D eigenvalue weighted by Crippen LogP contribution is -2.46. The highest BCUT2D eigenvalue weighted by molar-refractivity contribution is 6.12. The van der Waals surface area contributed by atoms with Gasteiger partial charge in [-0.25, -0.2) is 19.4 Å². The highest BCUT2D eigenvalue weighted by atomic mass is 16.5. The summed E-state index contributed by atoms with van der Waals surface area (Å²) in [6.07, 6.45) is 25.2. The molecule has 3 N–H and O–H groups in total. The van der Waals surface area contributed by atoms with Crippen molar-refractivity contribution in [3.63, 3.8) is 0 Å². The molecule has 4 aliphatic heterocycles. The summed E-state index contributed by atoms with van der Waals surface area (Å²) in [6, 6.07) is 38.9. The zero-order valence-electron chi connectivity index (χ0n) is 77.0. The first-order chi connectivity index (χ1) is 63.2. The molecule has 0 saturated carbocycles. The van der Waals surface area contributed by atoms with E-state index in [0.29, 0.717) is 159 Å². The molecule has 0 bridgehead atoms. The van der Waals surface area contributed by atoms with Crippen molar-refractivity contribution in [3.05, 3.63) is 259 Å². The van der Waals surface area contributed by atoms with Gasteiger partial charge in [-0.05, 0) is 247 Å². The van der Waals surface area contributed by atoms with E-state index in [-0.39, 0.29) is 59.5 Å². The van der Waals surface area contributed by atoms with Crippen molar-refractivity contribution in [3.8, 4) is 35.1 Å². The van der Waals surface area contributed by atoms with Crippen LogP contribution < -0.4 is 5.73 Å². The molecule has 0 amide bonds. The average Bonchev–Trinajstić information content (AvgIpc) is 1.61. The molecule has 12 aromatic rings. The van der Waals surface area contributed by atoms with Gasteiger partial charge in [0, 0.05) is 147 Å². The number of nitrogens with two attached hydrogens (primary N) is 1. The summed E-state index contributed by atoms with van der Waals surface area (Å²) >= 11 is 0. The Kier molecular flexibility index (Phi) is 31.9. The first kappa shape index (κ1) is 95.3. The van der Waals surface area contributed by atoms with Gasteiger partial charge in [-0.3, -0.25) is 68.3 Å². The van der Waals surface area contributed by atoms with E-state index in [9.17, 15) is 33.9 Å². The van der Waals surface area contributed by atoms with E-state index in [0.717, 1.165) is 172 Å². The fourth-order valence-electron chi connectivity index (χ4n) is 18.9. The number of unbranched alkanes of at least 4 members (excludes halogenated alkanes) is 2. The molecule has 0 aliphatic carbocycles. The van der Waals surface area contributed by atoms with Crippen molar-refractivity contribution in [2.75, 3.05) is 72.1 Å². The van der Waals surface area contributed by atoms with Gasteiger partial charge in [0.1, 0.15) is 5.78 Å². The molecule has 3 atom stereocenters. The van der Waals surface area contributed by atoms with E-state index < -0.39 is 0 Å². The number of aliphatic hydroxyl groups excluding tert-OH is 1. The van der Waals surface area contributed by atoms with Gasteiger partial charge in [0.15, 0.2) is 45.9 Å². The second kappa shape index (κ2) is 43.9. The van der Waals surface area contributed by atoms with Crippen LogP contribution in [0.25, 0.3) is 86.3 Å². The van der Waals surface area contributed by atoms with Crippen molar-refractivity contribution >= 4 is 102 Å². The van der Waals surface area contributed by atoms with E-state index >= 15 is 0 Å². The number of fused-ring (bicyclic) bond motifs is 4. The minimum atomic E-state index is -0.293. The lowest BCUT2D eigenvalue weighted by Gasteiger charge is -2.38. The molecule has 4 aliphatic rings. The van der Waals surface area contributed by atoms with Gasteiger partial charge in [-0.1, -0.05) is 55.0 Å². The van der Waals surface area contributed by atoms with Gasteiger partial charge >= 0.3 is 5.97 Å². The van der Waals surface area contributed by atoms with Crippen LogP contribution in [0, 0.1) is 93.0 Å². The van der Waals surface area contributed by atoms with Crippen molar-refractivity contribution in [1.29, 1.82) is 0 Å². The highest BCUT2D eigenvalue weighted by Crippen LogP contribution is 2.38. The highest BCUT2D eigenvalue weighted by Gasteiger charge is 2.34. The number of hydrogen-bond acceptors (Lipinski definition) is 17. The molecule has 8 aromatic heterocycles. The topological polar surface area (TPSA) is 260 Å². The zero-order chi connectivity index (χ0) is 93.3. The third-order valence-corrected chi connectivity index (χ3v) is 25.8. The number of Topliss-reactive ketones (excluding diaryl/α,β-unsaturated/α-hetero) is 5. The van der Waals surface area contributed by atoms with Crippen molar-refractivity contribution in [2.24, 2.45) is 11.7 Å². The number of nitrogens with zero attached hydrogens (tertiary/aromatic N) is 16. The molecule has 25 nitrogen and oxygen atoms in total. The van der Waals surface area contributed by atoms with Crippen LogP contribution in [0.4, 0.5) is 22.7 Å². The van der Waals surface area contributed by atoms with Crippen molar-refractivity contribution < 1.29 is 38.6 Å². The maximum absolute atomic E-state index is 13.6. The van der Waals surface area contributed by atoms with Crippen LogP contribution >= 0.6 is 0 Å². The number of carbonyl (C=O) groups excluding carboxylic acids is 6. The summed E-state index contributed by atoms with van der Waals surface area (Å²) in [4.78, 5) is 120. The molecule has 12 heterocycles. The van der Waals surface area contributed by atoms with Crippen molar-refractivity contribution in [1.82, 2.24) is 57.8 Å². The Bertz CT molecular complexity index is 6410. The monoisotopic (exact) mass is 1760 g/mol. The number of aromatic nitrogens is 8. The SMILES string of the molecule is [C-]#[N+]c1ccc(-n2c(C)c(C(=O)CN3CCC(N)CC3)c3ncc(C)cc32)cc1.[C-]#[N+]c1ccc(-n2c(C)c(C(=O)CN3CCC(O)CC3)c3ncc(CCC(=O)CCCCC#C)cc32)cc1.[C-]#[N+]c1ccc(-n2c(C)c(C(=O)CN3CCCC(CC(=O)OCC)C3)c3ncc(C)cc32)cc1.[C-]#[N+]c1ccc(-n2c(C)c(C(=O)CN3[C@@H](C)CCC[C@@H]3C)c3ncc(C)cc32)cc1. The quantitative estimate of drug-likeness (QED) is 0.0168. The summed E-state index contributed by atoms with van der Waals surface area (Å²) in [5.41, 5.74) is 28.4. The number of terminal acetylenes is 1. The number of esters is 1. The van der Waals surface area contributed by atoms with Crippen LogP contribution in [0.2, 0.25) is 0 Å². The maximum Gasteiger partial charge on any atom is 0.306 e. The number of aryl methyl sites for hydroxylation is 4. The Balaban J connectivity index is 0.000000149. The summed E-state index contributed by atoms with van der Waals surface area (Å²) in [6.45, 7) is 55.4. The van der Waals surface area contributed by atoms with Crippen LogP contribution in [0.5, 0.6) is 0 Å². The van der Waals surface area contributed by atoms with Crippen LogP contribution in [0.3, 0.4) is 0 Å². The number of benzene rings is 4. The number of pyridine rings is 4. The summed E-state index contributed by atoms with van der Waals surface area (Å²) in [7, 11) is 0. The average molecular weight is 1760 g/mol. The second-order valence-electron chi connectivity index (χ2n) is 35.4. The van der Waals surface area contributed by atoms with E-state index in [2.05, 4.69) is 99.5 Å². The number of ketones is 5. The number of hydrogen-bond donors (Lipinski definition) is 2. The normalized spacial score (nSPS) is 16.3. The molecular formula is C106H117N17O8. The molecule has 4 aromatic carbocycles. The predicted octanol–water partition coefficient (Wildman–Crippen LogP) is 19.7. The summed E-state index contributed by atoms with van der Waals surface area (Å²) < 4.78 is 13.4. The first-order valence-electron chi connectivity index (χ1n) is 45.6. The smallest absolute Gasteiger partial charge is 0.306 e. The zero-order valence-corrected chi connectivity index (χ0v) is 77.0. The summed E-state index contributed by atoms with van der Waals surface area (Å²) in [5, 5.41) is 9.83. The van der Waals surface area contributed by atoms with Crippen LogP contribution in [0.15, 0.2) is 146 Å². The molecule has 0 spiro atoms. The number of carbonyl (C=O) groups is 6. The van der Waals surface area contributed by atoms with Crippen LogP contribution in [0.1, 0.15) is 204 Å². The molecule has 4 saturated heterocycles. The fraction of sp³-hybridized carbons (Fsp3) is 0.396. The number of likely N-dealkylation sites (tertiary alicyclic amines) is 4. The van der Waals surface area contributed by atoms with Gasteiger partial charge < -0.3 is 33.8 Å². The minimum absolute atomic E-state index is 0.00261. The number of aliphatic hydroxyl groups is 1. The van der Waals surface area contributed by atoms with Gasteiger partial charge in [-0.15, -0.1) is 12.3 Å². The van der Waals surface area contributed by atoms with E-state index in [1.165, 1.54) is 6.42 Å². The standard InChI is InChI=1S/C31H34N4O3.C27H30N4O3.C25H28N4O.C23H25N5O/c1-4-5-6-7-8-26(36)14-9-23-19-28-31(33-20-23)30(29(38)21-34-17-15-27(37)16-18-34)22(2)35(28)25-12-10-24(32-3)11-13-25;1-5-34-25(33)14-20-7-6-12-30(16-20)17-24(32)26-19(3)31(22-10-8-21(28-4)9-11-22)23-13-18(2)15-29-27(23)26;1-16-13-22-25(27-14-16)24(23(30)15-28-17(2)7-6-8-18(28)3)19(4)29(22)21-11-9-20(26-5)10-12-21;1-15-12-20-23(26-13-15)22(21(29)14-27-10-8-17(24)9-11-27)16(2)28(20)19-6-4-18(25-3)5-7-19/h1,10-13,19-20,27,37H,5-9,14-18,21H2,2H3;8-11,13,15,20H,5-7,12,14,16-17H2,1-3H3;9-14,17-18H,6-8,15H2,1-4H3;4-7,12-13,17H,8-11,14,24H2,1-2H3/t;;17-,18-;/m..0./s1. The molecular weight excluding hydrogens is 1640 g/mol. The molecule has 0 radical (unpaired) electrons. The predicted molar refractivity (Wildman–Crippen MR) is 516 cm³/mol. The lowest BCUT2D eigenvalue weighted by molar-refractivity contribution is -0.144. The van der Waals surface area contributed by atoms with Gasteiger partial charge in [-0.2, -0.15) is 0 Å². The third kappa shape index (κ3) is 22.6. The van der Waals surface area contributed by atoms with Crippen LogP contribution in [-0.2, 0) is 20.7 Å². The third-order valence-electron chi connectivity index (χ3n) is 25.8. The van der Waals surface area contributed by atoms with E-state index in [1.807, 2.05) is 145 Å². The minimum Gasteiger partial charge on any atom is -0.466 e. The number of piperidine rings is 4. The molecule has 25 heteroatoms. The number of ether oxygens (including phenoxy) is 1. The largest absolute Gasteiger partial charge is 0.466 e. The second-order valence-corrected chi connectivity index (χ2v) is 35.4. The van der Waals surface area contributed by atoms with Gasteiger partial charge in [0.2, 0.25) is 0 Å². The first-order valence-corrected chi connectivity index (χ1v) is 45.6. The Hall–Kier alpha value is -13.3. The van der Waals surface area contributed by atoms with Crippen LogP contribution in [-0.4, -0.2) is 194 Å². The van der Waals surface area contributed by atoms with E-state index in [4.69, 9.17) is 48.2 Å². The Morgan fingerprint density at radius 1 is 0.466 bits per heavy atom. The Morgan fingerprint density at radius 2 is 0.832 bits per heavy atom. The Labute approximate surface area is 767 Å².